The molecule has 0 atom stereocenters. The summed E-state index contributed by atoms with van der Waals surface area (Å²) in [5.41, 5.74) is 0.520. The zero-order valence-corrected chi connectivity index (χ0v) is 6.80. The van der Waals surface area contributed by atoms with E-state index in [4.69, 9.17) is 0 Å². The molecule has 0 amide bonds. The number of nitrogens with one attached hydrogen (secondary N) is 1. The molecular weight excluding hydrogens is 152 g/mol. The van der Waals surface area contributed by atoms with Gasteiger partial charge in [0.1, 0.15) is 0 Å². The van der Waals surface area contributed by atoms with Gasteiger partial charge in [0.05, 0.1) is 0 Å². The molecule has 0 saturated carbocycles. The number of hydrogen-bond donors (Lipinski definition) is 2. The second kappa shape index (κ2) is 2.77. The third-order valence-corrected chi connectivity index (χ3v) is 3.82. The lowest BCUT2D eigenvalue weighted by molar-refractivity contribution is 0.458. The fraction of sp³-hybridized carbons (Fsp3) is 0.800. The Balaban J connectivity index is 2.72. The Hall–Kier alpha value is -0.260. The molecule has 1 N–H and O–H groups in total. The van der Waals surface area contributed by atoms with Gasteiger partial charge in [-0.1, -0.05) is 0 Å². The van der Waals surface area contributed by atoms with Crippen LogP contribution in [-0.2, 0) is 15.1 Å². The van der Waals surface area contributed by atoms with E-state index in [0.717, 1.165) is 13.0 Å². The summed E-state index contributed by atoms with van der Waals surface area (Å²) in [7, 11) is -1.09. The molecule has 0 aliphatic carbocycles. The average molecular weight is 164 g/mol. The van der Waals surface area contributed by atoms with E-state index >= 15 is 0 Å². The molecule has 4 nitrogen and oxygen atoms in total. The number of rotatable bonds is 1. The zero-order valence-electron chi connectivity index (χ0n) is 5.91. The first kappa shape index (κ1) is 7.84. The molecule has 5 heteroatoms. The zero-order chi connectivity index (χ0) is 7.61. The van der Waals surface area contributed by atoms with Gasteiger partial charge in [-0.3, -0.25) is 4.79 Å². The third kappa shape index (κ3) is 1.25. The predicted octanol–water partition coefficient (Wildman–Crippen LogP) is -1.05. The van der Waals surface area contributed by atoms with Gasteiger partial charge in [0.15, 0.2) is 0 Å². The summed E-state index contributed by atoms with van der Waals surface area (Å²) in [5, 5.41) is 0. The average Bonchev–Trinajstić information content (AvgIpc) is 1.96. The highest BCUT2D eigenvalue weighted by Gasteiger charge is 2.21. The minimum atomic E-state index is -2.78. The first-order chi connectivity index (χ1) is 4.69. The standard InChI is InChI=1S/C5H12N2O2S/c1-7-4-2-3-6-10(7,9)5-8/h5,10H,2-4H2,1H3,(H,6,9). The molecule has 1 heterocycles. The Kier molecular flexibility index (Phi) is 2.18. The fourth-order valence-corrected chi connectivity index (χ4v) is 2.33. The van der Waals surface area contributed by atoms with Crippen molar-refractivity contribution in [3.05, 3.63) is 0 Å². The lowest BCUT2D eigenvalue weighted by Crippen LogP contribution is -2.50. The summed E-state index contributed by atoms with van der Waals surface area (Å²) < 4.78 is 15.7. The van der Waals surface area contributed by atoms with E-state index in [1.54, 1.807) is 11.4 Å². The molecule has 1 rings (SSSR count). The van der Waals surface area contributed by atoms with Crippen LogP contribution < -0.4 is 4.72 Å². The maximum Gasteiger partial charge on any atom is 0.207 e. The van der Waals surface area contributed by atoms with Crippen molar-refractivity contribution in [3.8, 4) is 0 Å². The molecule has 1 aliphatic heterocycles. The smallest absolute Gasteiger partial charge is 0.207 e. The van der Waals surface area contributed by atoms with Crippen LogP contribution in [0.4, 0.5) is 0 Å². The fourth-order valence-electron chi connectivity index (χ4n) is 0.934. The third-order valence-electron chi connectivity index (χ3n) is 1.65. The lowest BCUT2D eigenvalue weighted by atomic mass is 10.4. The van der Waals surface area contributed by atoms with Gasteiger partial charge in [0, 0.05) is 23.4 Å². The Morgan fingerprint density at radius 2 is 2.40 bits per heavy atom. The van der Waals surface area contributed by atoms with Crippen molar-refractivity contribution in [3.63, 3.8) is 0 Å². The van der Waals surface area contributed by atoms with Crippen LogP contribution in [0.2, 0.25) is 0 Å². The summed E-state index contributed by atoms with van der Waals surface area (Å²) in [6, 6.07) is 0. The summed E-state index contributed by atoms with van der Waals surface area (Å²) in [4.78, 5) is 10.3. The highest BCUT2D eigenvalue weighted by molar-refractivity contribution is 8.11. The van der Waals surface area contributed by atoms with E-state index in [0.29, 0.717) is 12.2 Å². The van der Waals surface area contributed by atoms with Crippen LogP contribution in [0.25, 0.3) is 0 Å². The van der Waals surface area contributed by atoms with Crippen LogP contribution in [0.1, 0.15) is 6.42 Å². The molecule has 0 spiro atoms. The van der Waals surface area contributed by atoms with Crippen molar-refractivity contribution in [2.75, 3.05) is 20.1 Å². The quantitative estimate of drug-likeness (QED) is 0.384. The summed E-state index contributed by atoms with van der Waals surface area (Å²) in [6.45, 7) is 1.42. The number of carbonyl (C=O) groups is 1. The van der Waals surface area contributed by atoms with E-state index in [2.05, 4.69) is 4.72 Å². The van der Waals surface area contributed by atoms with Gasteiger partial charge < -0.3 is 0 Å². The second-order valence-electron chi connectivity index (χ2n) is 2.37. The highest BCUT2D eigenvalue weighted by atomic mass is 32.3. The SMILES string of the molecule is CN1CCCN[SH]1(=O)C=O. The Morgan fingerprint density at radius 3 is 2.80 bits per heavy atom. The van der Waals surface area contributed by atoms with Gasteiger partial charge in [-0.15, -0.1) is 0 Å². The Labute approximate surface area is 61.3 Å². The molecule has 1 fully saturated rings. The molecule has 0 aromatic carbocycles. The summed E-state index contributed by atoms with van der Waals surface area (Å²) in [6.07, 6.45) is 0.953. The molecule has 0 aromatic heterocycles. The molecule has 60 valence electrons. The summed E-state index contributed by atoms with van der Waals surface area (Å²) in [5.74, 6) is 0. The first-order valence-electron chi connectivity index (χ1n) is 3.22. The lowest BCUT2D eigenvalue weighted by Gasteiger charge is -2.33. The predicted molar refractivity (Wildman–Crippen MR) is 41.5 cm³/mol. The largest absolute Gasteiger partial charge is 0.288 e. The van der Waals surface area contributed by atoms with Crippen LogP contribution in [0.5, 0.6) is 0 Å². The van der Waals surface area contributed by atoms with Crippen molar-refractivity contribution in [1.29, 1.82) is 0 Å². The second-order valence-corrected chi connectivity index (χ2v) is 4.83. The Bertz CT molecular complexity index is 182. The first-order valence-corrected chi connectivity index (χ1v) is 4.95. The van der Waals surface area contributed by atoms with Gasteiger partial charge in [0.2, 0.25) is 5.62 Å². The van der Waals surface area contributed by atoms with Gasteiger partial charge in [0.25, 0.3) is 0 Å². The topological polar surface area (TPSA) is 49.4 Å². The molecule has 0 aromatic rings. The van der Waals surface area contributed by atoms with E-state index < -0.39 is 10.3 Å². The van der Waals surface area contributed by atoms with Crippen molar-refractivity contribution < 1.29 is 9.00 Å². The number of nitrogens with zero attached hydrogens (tertiary/aromatic N) is 1. The molecular formula is C5H12N2O2S. The number of carbonyl (C=O) groups excluding carboxylic acids is 1. The van der Waals surface area contributed by atoms with Crippen LogP contribution in [0.3, 0.4) is 0 Å². The molecule has 1 aliphatic rings. The van der Waals surface area contributed by atoms with Gasteiger partial charge in [-0.25, -0.2) is 13.2 Å². The minimum Gasteiger partial charge on any atom is -0.288 e. The van der Waals surface area contributed by atoms with E-state index in [1.165, 1.54) is 0 Å². The van der Waals surface area contributed by atoms with Gasteiger partial charge >= 0.3 is 0 Å². The number of thiol groups is 1. The molecule has 0 radical (unpaired) electrons. The van der Waals surface area contributed by atoms with Gasteiger partial charge in [-0.05, 0) is 13.5 Å². The van der Waals surface area contributed by atoms with E-state index in [1.807, 2.05) is 0 Å². The van der Waals surface area contributed by atoms with Crippen LogP contribution >= 0.6 is 0 Å². The minimum absolute atomic E-state index is 0.520. The van der Waals surface area contributed by atoms with Crippen molar-refractivity contribution in [2.45, 2.75) is 6.42 Å². The maximum absolute atomic E-state index is 11.4. The molecule has 1 saturated heterocycles. The van der Waals surface area contributed by atoms with E-state index in [9.17, 15) is 9.00 Å². The monoisotopic (exact) mass is 164 g/mol. The summed E-state index contributed by atoms with van der Waals surface area (Å²) >= 11 is 0. The van der Waals surface area contributed by atoms with Crippen molar-refractivity contribution in [2.24, 2.45) is 0 Å². The van der Waals surface area contributed by atoms with Crippen LogP contribution in [-0.4, -0.2) is 34.3 Å². The highest BCUT2D eigenvalue weighted by Crippen LogP contribution is 2.07. The molecule has 0 bridgehead atoms. The Morgan fingerprint density at radius 1 is 1.70 bits per heavy atom. The van der Waals surface area contributed by atoms with Crippen LogP contribution in [0, 0.1) is 0 Å². The van der Waals surface area contributed by atoms with Crippen molar-refractivity contribution >= 4 is 15.9 Å². The van der Waals surface area contributed by atoms with Crippen LogP contribution in [0.15, 0.2) is 0 Å². The van der Waals surface area contributed by atoms with E-state index in [-0.39, 0.29) is 0 Å². The molecule has 10 heavy (non-hydrogen) atoms. The molecule has 0 unspecified atom stereocenters. The van der Waals surface area contributed by atoms with Crippen molar-refractivity contribution in [1.82, 2.24) is 9.03 Å². The normalized spacial score (nSPS) is 29.3. The maximum atomic E-state index is 11.4. The van der Waals surface area contributed by atoms with Gasteiger partial charge in [-0.2, -0.15) is 0 Å². The number of hydrogen-bond acceptors (Lipinski definition) is 2.